The zero-order chi connectivity index (χ0) is 14.5. The van der Waals surface area contributed by atoms with Crippen LogP contribution in [0.3, 0.4) is 0 Å². The molecule has 0 fully saturated rings. The van der Waals surface area contributed by atoms with Gasteiger partial charge in [-0.25, -0.2) is 9.97 Å². The molecule has 1 unspecified atom stereocenters. The quantitative estimate of drug-likeness (QED) is 0.812. The molecule has 0 aromatic carbocycles. The number of halogens is 3. The van der Waals surface area contributed by atoms with E-state index in [4.69, 9.17) is 0 Å². The minimum absolute atomic E-state index is 0.249. The van der Waals surface area contributed by atoms with Crippen LogP contribution >= 0.6 is 0 Å². The summed E-state index contributed by atoms with van der Waals surface area (Å²) in [5, 5.41) is 3.18. The van der Waals surface area contributed by atoms with Crippen LogP contribution in [0.1, 0.15) is 31.5 Å². The van der Waals surface area contributed by atoms with Gasteiger partial charge in [0.1, 0.15) is 0 Å². The van der Waals surface area contributed by atoms with Gasteiger partial charge in [0.2, 0.25) is 0 Å². The number of nitrogens with zero attached hydrogens (tertiary/aromatic N) is 2. The van der Waals surface area contributed by atoms with E-state index < -0.39 is 12.3 Å². The van der Waals surface area contributed by atoms with Gasteiger partial charge in [-0.3, -0.25) is 0 Å². The van der Waals surface area contributed by atoms with Crippen molar-refractivity contribution in [3.8, 4) is 6.01 Å². The van der Waals surface area contributed by atoms with Crippen molar-refractivity contribution in [3.05, 3.63) is 17.5 Å². The summed E-state index contributed by atoms with van der Waals surface area (Å²) in [6.45, 7) is 6.15. The zero-order valence-corrected chi connectivity index (χ0v) is 11.2. The van der Waals surface area contributed by atoms with Gasteiger partial charge in [-0.1, -0.05) is 6.92 Å². The van der Waals surface area contributed by atoms with E-state index >= 15 is 0 Å². The van der Waals surface area contributed by atoms with Crippen molar-refractivity contribution in [2.75, 3.05) is 6.54 Å². The molecule has 7 heteroatoms. The smallest absolute Gasteiger partial charge is 0.425 e. The average molecular weight is 277 g/mol. The van der Waals surface area contributed by atoms with Crippen LogP contribution < -0.4 is 10.1 Å². The highest BCUT2D eigenvalue weighted by Crippen LogP contribution is 2.23. The molecule has 0 aliphatic rings. The van der Waals surface area contributed by atoms with Crippen molar-refractivity contribution in [3.63, 3.8) is 0 Å². The maximum atomic E-state index is 12.3. The molecule has 0 saturated heterocycles. The fraction of sp³-hybridized carbons (Fsp3) is 0.667. The van der Waals surface area contributed by atoms with E-state index in [9.17, 15) is 13.2 Å². The first kappa shape index (κ1) is 15.7. The predicted molar refractivity (Wildman–Crippen MR) is 64.9 cm³/mol. The standard InChI is InChI=1S/C12H18F3N3O/c1-4-5-16-6-10-7-17-11(18-8(10)2)19-9(3)12(13,14)15/h7,9,16H,4-6H2,1-3H3. The van der Waals surface area contributed by atoms with Crippen LogP contribution in [0.15, 0.2) is 6.20 Å². The number of aromatic nitrogens is 2. The Morgan fingerprint density at radius 1 is 1.42 bits per heavy atom. The Morgan fingerprint density at radius 2 is 2.11 bits per heavy atom. The second-order valence-electron chi connectivity index (χ2n) is 4.24. The van der Waals surface area contributed by atoms with E-state index in [1.54, 1.807) is 6.92 Å². The summed E-state index contributed by atoms with van der Waals surface area (Å²) in [6.07, 6.45) is -3.84. The summed E-state index contributed by atoms with van der Waals surface area (Å²) >= 11 is 0. The third-order valence-corrected chi connectivity index (χ3v) is 2.54. The second kappa shape index (κ2) is 6.70. The summed E-state index contributed by atoms with van der Waals surface area (Å²) in [6, 6.07) is -0.249. The molecule has 1 atom stereocenters. The monoisotopic (exact) mass is 277 g/mol. The number of hydrogen-bond acceptors (Lipinski definition) is 4. The second-order valence-corrected chi connectivity index (χ2v) is 4.24. The van der Waals surface area contributed by atoms with Crippen LogP contribution in [0.4, 0.5) is 13.2 Å². The van der Waals surface area contributed by atoms with Crippen LogP contribution in [-0.4, -0.2) is 28.8 Å². The van der Waals surface area contributed by atoms with Crippen LogP contribution in [0.5, 0.6) is 6.01 Å². The minimum atomic E-state index is -4.42. The van der Waals surface area contributed by atoms with Gasteiger partial charge < -0.3 is 10.1 Å². The summed E-state index contributed by atoms with van der Waals surface area (Å²) in [5.74, 6) is 0. The van der Waals surface area contributed by atoms with Gasteiger partial charge in [0.05, 0.1) is 0 Å². The first-order valence-electron chi connectivity index (χ1n) is 6.11. The normalized spacial score (nSPS) is 13.4. The van der Waals surface area contributed by atoms with Gasteiger partial charge in [-0.15, -0.1) is 0 Å². The van der Waals surface area contributed by atoms with E-state index in [0.29, 0.717) is 12.2 Å². The molecule has 0 bridgehead atoms. The number of nitrogens with one attached hydrogen (secondary N) is 1. The summed E-state index contributed by atoms with van der Waals surface area (Å²) in [4.78, 5) is 7.73. The number of ether oxygens (including phenoxy) is 1. The Labute approximate surface area is 110 Å². The van der Waals surface area contributed by atoms with Gasteiger partial charge in [-0.2, -0.15) is 13.2 Å². The van der Waals surface area contributed by atoms with E-state index in [1.807, 2.05) is 6.92 Å². The number of aryl methyl sites for hydroxylation is 1. The molecule has 1 heterocycles. The molecular weight excluding hydrogens is 259 g/mol. The van der Waals surface area contributed by atoms with Crippen molar-refractivity contribution in [1.29, 1.82) is 0 Å². The van der Waals surface area contributed by atoms with Crippen LogP contribution in [0, 0.1) is 6.92 Å². The highest BCUT2D eigenvalue weighted by atomic mass is 19.4. The first-order chi connectivity index (χ1) is 8.84. The third-order valence-electron chi connectivity index (χ3n) is 2.54. The lowest BCUT2D eigenvalue weighted by Gasteiger charge is -2.16. The van der Waals surface area contributed by atoms with Crippen LogP contribution in [0.25, 0.3) is 0 Å². The molecule has 1 rings (SSSR count). The molecule has 0 saturated carbocycles. The van der Waals surface area contributed by atoms with E-state index in [1.165, 1.54) is 6.20 Å². The molecule has 0 aliphatic carbocycles. The molecule has 1 aromatic rings. The van der Waals surface area contributed by atoms with Gasteiger partial charge in [-0.05, 0) is 26.8 Å². The molecule has 0 amide bonds. The van der Waals surface area contributed by atoms with E-state index in [2.05, 4.69) is 20.0 Å². The summed E-state index contributed by atoms with van der Waals surface area (Å²) in [5.41, 5.74) is 1.46. The Balaban J connectivity index is 2.66. The fourth-order valence-corrected chi connectivity index (χ4v) is 1.33. The van der Waals surface area contributed by atoms with Crippen molar-refractivity contribution in [1.82, 2.24) is 15.3 Å². The molecule has 0 spiro atoms. The lowest BCUT2D eigenvalue weighted by atomic mass is 10.2. The maximum Gasteiger partial charge on any atom is 0.425 e. The molecule has 108 valence electrons. The van der Waals surface area contributed by atoms with Crippen molar-refractivity contribution >= 4 is 0 Å². The number of alkyl halides is 3. The molecule has 1 aromatic heterocycles. The van der Waals surface area contributed by atoms with Gasteiger partial charge in [0.15, 0.2) is 6.10 Å². The summed E-state index contributed by atoms with van der Waals surface area (Å²) < 4.78 is 41.7. The maximum absolute atomic E-state index is 12.3. The van der Waals surface area contributed by atoms with Crippen LogP contribution in [-0.2, 0) is 6.54 Å². The molecule has 4 nitrogen and oxygen atoms in total. The number of rotatable bonds is 6. The Bertz CT molecular complexity index is 410. The molecule has 0 radical (unpaired) electrons. The summed E-state index contributed by atoms with van der Waals surface area (Å²) in [7, 11) is 0. The SMILES string of the molecule is CCCNCc1cnc(OC(C)C(F)(F)F)nc1C. The highest BCUT2D eigenvalue weighted by Gasteiger charge is 2.38. The van der Waals surface area contributed by atoms with Gasteiger partial charge in [0, 0.05) is 24.0 Å². The zero-order valence-electron chi connectivity index (χ0n) is 11.2. The van der Waals surface area contributed by atoms with Crippen molar-refractivity contribution in [2.45, 2.75) is 46.0 Å². The molecule has 0 aliphatic heterocycles. The number of hydrogen-bond donors (Lipinski definition) is 1. The lowest BCUT2D eigenvalue weighted by Crippen LogP contribution is -2.31. The predicted octanol–water partition coefficient (Wildman–Crippen LogP) is 2.61. The first-order valence-corrected chi connectivity index (χ1v) is 6.11. The molecular formula is C12H18F3N3O. The largest absolute Gasteiger partial charge is 0.451 e. The Morgan fingerprint density at radius 3 is 2.63 bits per heavy atom. The third kappa shape index (κ3) is 5.02. The van der Waals surface area contributed by atoms with E-state index in [0.717, 1.165) is 25.5 Å². The van der Waals surface area contributed by atoms with Crippen LogP contribution in [0.2, 0.25) is 0 Å². The highest BCUT2D eigenvalue weighted by molar-refractivity contribution is 5.17. The topological polar surface area (TPSA) is 47.0 Å². The van der Waals surface area contributed by atoms with Crippen molar-refractivity contribution in [2.24, 2.45) is 0 Å². The Kier molecular flexibility index (Phi) is 5.53. The minimum Gasteiger partial charge on any atom is -0.451 e. The van der Waals surface area contributed by atoms with Gasteiger partial charge in [0.25, 0.3) is 0 Å². The molecule has 1 N–H and O–H groups in total. The lowest BCUT2D eigenvalue weighted by molar-refractivity contribution is -0.190. The molecule has 19 heavy (non-hydrogen) atoms. The fourth-order valence-electron chi connectivity index (χ4n) is 1.33. The average Bonchev–Trinajstić information content (AvgIpc) is 2.31. The Hall–Kier alpha value is -1.37. The van der Waals surface area contributed by atoms with E-state index in [-0.39, 0.29) is 6.01 Å². The van der Waals surface area contributed by atoms with Gasteiger partial charge >= 0.3 is 12.2 Å². The van der Waals surface area contributed by atoms with Crippen molar-refractivity contribution < 1.29 is 17.9 Å².